The fourth-order valence-corrected chi connectivity index (χ4v) is 2.71. The summed E-state index contributed by atoms with van der Waals surface area (Å²) in [5.74, 6) is 0.917. The van der Waals surface area contributed by atoms with Crippen molar-refractivity contribution < 1.29 is 4.74 Å². The summed E-state index contributed by atoms with van der Waals surface area (Å²) in [4.78, 5) is 2.61. The maximum Gasteiger partial charge on any atom is 0.0477 e. The molecule has 1 unspecified atom stereocenters. The lowest BCUT2D eigenvalue weighted by Gasteiger charge is -2.24. The second kappa shape index (κ2) is 4.60. The summed E-state index contributed by atoms with van der Waals surface area (Å²) in [7, 11) is 1.78. The van der Waals surface area contributed by atoms with Crippen molar-refractivity contribution in [1.29, 1.82) is 0 Å². The Kier molecular flexibility index (Phi) is 3.42. The molecule has 0 aromatic carbocycles. The van der Waals surface area contributed by atoms with Crippen LogP contribution in [0.2, 0.25) is 0 Å². The Morgan fingerprint density at radius 3 is 3.07 bits per heavy atom. The van der Waals surface area contributed by atoms with Gasteiger partial charge in [-0.2, -0.15) is 0 Å². The van der Waals surface area contributed by atoms with E-state index in [1.807, 2.05) is 0 Å². The third kappa shape index (κ3) is 2.10. The van der Waals surface area contributed by atoms with Gasteiger partial charge in [0.25, 0.3) is 0 Å². The molecule has 82 valence electrons. The van der Waals surface area contributed by atoms with Crippen molar-refractivity contribution in [3.63, 3.8) is 0 Å². The lowest BCUT2D eigenvalue weighted by Crippen LogP contribution is -2.35. The summed E-state index contributed by atoms with van der Waals surface area (Å²) < 4.78 is 5.12. The van der Waals surface area contributed by atoms with Gasteiger partial charge < -0.3 is 10.1 Å². The Hall–Kier alpha value is -0.120. The molecule has 0 aliphatic carbocycles. The lowest BCUT2D eigenvalue weighted by molar-refractivity contribution is 0.148. The quantitative estimate of drug-likeness (QED) is 0.720. The SMILES string of the molecule is COCCC(C)N1C[C@@H]2CCN[C@@H]2C1. The first-order chi connectivity index (χ1) is 6.81. The molecule has 14 heavy (non-hydrogen) atoms. The van der Waals surface area contributed by atoms with Gasteiger partial charge in [0.05, 0.1) is 0 Å². The zero-order valence-corrected chi connectivity index (χ0v) is 9.33. The van der Waals surface area contributed by atoms with Crippen LogP contribution in [-0.2, 0) is 4.74 Å². The smallest absolute Gasteiger partial charge is 0.0477 e. The molecule has 3 atom stereocenters. The van der Waals surface area contributed by atoms with Gasteiger partial charge >= 0.3 is 0 Å². The van der Waals surface area contributed by atoms with E-state index < -0.39 is 0 Å². The molecule has 3 nitrogen and oxygen atoms in total. The molecule has 2 saturated heterocycles. The number of ether oxygens (including phenoxy) is 1. The minimum atomic E-state index is 0.683. The highest BCUT2D eigenvalue weighted by Gasteiger charge is 2.37. The van der Waals surface area contributed by atoms with E-state index in [0.29, 0.717) is 6.04 Å². The molecule has 2 aliphatic heterocycles. The molecule has 2 aliphatic rings. The molecule has 0 saturated carbocycles. The van der Waals surface area contributed by atoms with Crippen LogP contribution in [-0.4, -0.2) is 50.3 Å². The molecule has 0 bridgehead atoms. The highest BCUT2D eigenvalue weighted by atomic mass is 16.5. The minimum Gasteiger partial charge on any atom is -0.385 e. The van der Waals surface area contributed by atoms with Crippen LogP contribution in [0, 0.1) is 5.92 Å². The summed E-state index contributed by atoms with van der Waals surface area (Å²) in [6.45, 7) is 6.98. The minimum absolute atomic E-state index is 0.683. The van der Waals surface area contributed by atoms with Gasteiger partial charge in [-0.25, -0.2) is 0 Å². The highest BCUT2D eigenvalue weighted by molar-refractivity contribution is 4.95. The maximum atomic E-state index is 5.12. The fourth-order valence-electron chi connectivity index (χ4n) is 2.71. The summed E-state index contributed by atoms with van der Waals surface area (Å²) >= 11 is 0. The van der Waals surface area contributed by atoms with Gasteiger partial charge in [-0.05, 0) is 32.2 Å². The molecule has 2 rings (SSSR count). The topological polar surface area (TPSA) is 24.5 Å². The Balaban J connectivity index is 1.77. The van der Waals surface area contributed by atoms with Crippen LogP contribution in [0.4, 0.5) is 0 Å². The van der Waals surface area contributed by atoms with Gasteiger partial charge in [0.15, 0.2) is 0 Å². The number of fused-ring (bicyclic) bond motifs is 1. The summed E-state index contributed by atoms with van der Waals surface area (Å²) in [6.07, 6.45) is 2.54. The van der Waals surface area contributed by atoms with E-state index >= 15 is 0 Å². The van der Waals surface area contributed by atoms with Crippen molar-refractivity contribution in [3.05, 3.63) is 0 Å². The van der Waals surface area contributed by atoms with Crippen LogP contribution in [0.1, 0.15) is 19.8 Å². The van der Waals surface area contributed by atoms with Crippen molar-refractivity contribution in [2.75, 3.05) is 33.4 Å². The van der Waals surface area contributed by atoms with E-state index in [1.54, 1.807) is 7.11 Å². The normalized spacial score (nSPS) is 34.7. The van der Waals surface area contributed by atoms with Crippen molar-refractivity contribution in [3.8, 4) is 0 Å². The lowest BCUT2D eigenvalue weighted by atomic mass is 10.1. The molecular formula is C11H22N2O. The first kappa shape index (κ1) is 10.4. The van der Waals surface area contributed by atoms with Crippen LogP contribution < -0.4 is 5.32 Å². The Labute approximate surface area is 86.8 Å². The summed E-state index contributed by atoms with van der Waals surface area (Å²) in [5, 5.41) is 3.59. The van der Waals surface area contributed by atoms with Crippen molar-refractivity contribution >= 4 is 0 Å². The monoisotopic (exact) mass is 198 g/mol. The number of rotatable bonds is 4. The van der Waals surface area contributed by atoms with E-state index in [0.717, 1.165) is 25.0 Å². The predicted molar refractivity (Wildman–Crippen MR) is 57.4 cm³/mol. The van der Waals surface area contributed by atoms with E-state index in [2.05, 4.69) is 17.1 Å². The second-order valence-electron chi connectivity index (χ2n) is 4.69. The molecule has 2 heterocycles. The van der Waals surface area contributed by atoms with E-state index in [9.17, 15) is 0 Å². The Morgan fingerprint density at radius 1 is 1.50 bits per heavy atom. The van der Waals surface area contributed by atoms with Crippen LogP contribution in [0.25, 0.3) is 0 Å². The van der Waals surface area contributed by atoms with Gasteiger partial charge in [0.1, 0.15) is 0 Å². The first-order valence-electron chi connectivity index (χ1n) is 5.77. The number of hydrogen-bond donors (Lipinski definition) is 1. The molecule has 0 radical (unpaired) electrons. The second-order valence-corrected chi connectivity index (χ2v) is 4.69. The molecule has 2 fully saturated rings. The third-order valence-electron chi connectivity index (χ3n) is 3.75. The van der Waals surface area contributed by atoms with Gasteiger partial charge in [-0.3, -0.25) is 4.90 Å². The molecule has 0 aromatic rings. The van der Waals surface area contributed by atoms with E-state index in [4.69, 9.17) is 4.74 Å². The first-order valence-corrected chi connectivity index (χ1v) is 5.77. The number of likely N-dealkylation sites (tertiary alicyclic amines) is 1. The van der Waals surface area contributed by atoms with Gasteiger partial charge in [-0.15, -0.1) is 0 Å². The molecule has 0 amide bonds. The zero-order chi connectivity index (χ0) is 9.97. The van der Waals surface area contributed by atoms with Crippen LogP contribution in [0.3, 0.4) is 0 Å². The molecular weight excluding hydrogens is 176 g/mol. The number of hydrogen-bond acceptors (Lipinski definition) is 3. The number of methoxy groups -OCH3 is 1. The fraction of sp³-hybridized carbons (Fsp3) is 1.00. The third-order valence-corrected chi connectivity index (χ3v) is 3.75. The van der Waals surface area contributed by atoms with Crippen molar-refractivity contribution in [2.24, 2.45) is 5.92 Å². The average molecular weight is 198 g/mol. The number of nitrogens with one attached hydrogen (secondary N) is 1. The van der Waals surface area contributed by atoms with E-state index in [1.165, 1.54) is 26.1 Å². The predicted octanol–water partition coefficient (Wildman–Crippen LogP) is 0.705. The average Bonchev–Trinajstić information content (AvgIpc) is 2.72. The standard InChI is InChI=1S/C11H22N2O/c1-9(4-6-14-2)13-7-10-3-5-12-11(10)8-13/h9-12H,3-8H2,1-2H3/t9?,10-,11+/m0/s1. The molecule has 0 spiro atoms. The van der Waals surface area contributed by atoms with Crippen LogP contribution in [0.15, 0.2) is 0 Å². The van der Waals surface area contributed by atoms with Crippen LogP contribution >= 0.6 is 0 Å². The van der Waals surface area contributed by atoms with Gasteiger partial charge in [-0.1, -0.05) is 0 Å². The van der Waals surface area contributed by atoms with Gasteiger partial charge in [0.2, 0.25) is 0 Å². The molecule has 1 N–H and O–H groups in total. The largest absolute Gasteiger partial charge is 0.385 e. The van der Waals surface area contributed by atoms with Crippen molar-refractivity contribution in [1.82, 2.24) is 10.2 Å². The van der Waals surface area contributed by atoms with Crippen LogP contribution in [0.5, 0.6) is 0 Å². The maximum absolute atomic E-state index is 5.12. The zero-order valence-electron chi connectivity index (χ0n) is 9.33. The van der Waals surface area contributed by atoms with Crippen molar-refractivity contribution in [2.45, 2.75) is 31.8 Å². The molecule has 3 heteroatoms. The summed E-state index contributed by atoms with van der Waals surface area (Å²) in [5.41, 5.74) is 0. The van der Waals surface area contributed by atoms with E-state index in [-0.39, 0.29) is 0 Å². The molecule has 0 aromatic heterocycles. The highest BCUT2D eigenvalue weighted by Crippen LogP contribution is 2.26. The van der Waals surface area contributed by atoms with Gasteiger partial charge in [0, 0.05) is 38.9 Å². The Morgan fingerprint density at radius 2 is 2.36 bits per heavy atom. The number of nitrogens with zero attached hydrogens (tertiary/aromatic N) is 1. The Bertz CT molecular complexity index is 174. The summed E-state index contributed by atoms with van der Waals surface area (Å²) in [6, 6.07) is 1.46.